The summed E-state index contributed by atoms with van der Waals surface area (Å²) in [6, 6.07) is 0. The first-order chi connectivity index (χ1) is 8.65. The Morgan fingerprint density at radius 3 is 2.33 bits per heavy atom. The van der Waals surface area contributed by atoms with Crippen LogP contribution in [0.4, 0.5) is 0 Å². The smallest absolute Gasteiger partial charge is 0.220 e. The topological polar surface area (TPSA) is 69.6 Å². The number of aliphatic hydroxyl groups excluding tert-OH is 2. The van der Waals surface area contributed by atoms with Gasteiger partial charge in [0.2, 0.25) is 5.91 Å². The van der Waals surface area contributed by atoms with Gasteiger partial charge in [-0.1, -0.05) is 39.0 Å². The van der Waals surface area contributed by atoms with Crippen LogP contribution >= 0.6 is 0 Å². The van der Waals surface area contributed by atoms with Gasteiger partial charge in [0.1, 0.15) is 0 Å². The summed E-state index contributed by atoms with van der Waals surface area (Å²) in [5.41, 5.74) is -0.844. The number of carbonyl (C=O) groups excluding carboxylic acids is 1. The van der Waals surface area contributed by atoms with E-state index in [4.69, 9.17) is 0 Å². The molecule has 0 spiro atoms. The fourth-order valence-electron chi connectivity index (χ4n) is 2.61. The summed E-state index contributed by atoms with van der Waals surface area (Å²) < 4.78 is 0. The van der Waals surface area contributed by atoms with E-state index in [1.165, 1.54) is 32.1 Å². The minimum Gasteiger partial charge on any atom is -0.394 e. The molecule has 4 nitrogen and oxygen atoms in total. The fourth-order valence-corrected chi connectivity index (χ4v) is 2.61. The number of hydrogen-bond donors (Lipinski definition) is 3. The second-order valence-electron chi connectivity index (χ2n) is 5.54. The molecular formula is C14H27NO3. The quantitative estimate of drug-likeness (QED) is 0.649. The molecule has 0 atom stereocenters. The Morgan fingerprint density at radius 1 is 1.22 bits per heavy atom. The molecule has 0 radical (unpaired) electrons. The normalized spacial score (nSPS) is 17.7. The zero-order valence-electron chi connectivity index (χ0n) is 11.5. The van der Waals surface area contributed by atoms with Gasteiger partial charge in [0.15, 0.2) is 0 Å². The summed E-state index contributed by atoms with van der Waals surface area (Å²) in [5.74, 6) is 0.634. The number of rotatable bonds is 7. The largest absolute Gasteiger partial charge is 0.394 e. The molecule has 106 valence electrons. The highest BCUT2D eigenvalue weighted by Gasteiger charge is 2.28. The highest BCUT2D eigenvalue weighted by Crippen LogP contribution is 2.27. The van der Waals surface area contributed by atoms with Crippen LogP contribution in [0.5, 0.6) is 0 Å². The SMILES string of the molecule is CCC(CO)(CO)NC(=O)CCC1CCCCC1. The minimum absolute atomic E-state index is 0.0504. The summed E-state index contributed by atoms with van der Waals surface area (Å²) in [4.78, 5) is 11.8. The molecular weight excluding hydrogens is 230 g/mol. The van der Waals surface area contributed by atoms with E-state index >= 15 is 0 Å². The predicted octanol–water partition coefficient (Wildman–Crippen LogP) is 1.60. The van der Waals surface area contributed by atoms with Crippen molar-refractivity contribution < 1.29 is 15.0 Å². The molecule has 0 aromatic heterocycles. The molecule has 3 N–H and O–H groups in total. The third-order valence-electron chi connectivity index (χ3n) is 4.19. The molecule has 1 amide bonds. The summed E-state index contributed by atoms with van der Waals surface area (Å²) in [6.45, 7) is 1.43. The van der Waals surface area contributed by atoms with E-state index in [1.807, 2.05) is 6.92 Å². The van der Waals surface area contributed by atoms with Gasteiger partial charge in [0.05, 0.1) is 18.8 Å². The van der Waals surface area contributed by atoms with Gasteiger partial charge in [-0.25, -0.2) is 0 Å². The van der Waals surface area contributed by atoms with Crippen LogP contribution in [0, 0.1) is 5.92 Å². The molecule has 4 heteroatoms. The van der Waals surface area contributed by atoms with Crippen molar-refractivity contribution in [3.8, 4) is 0 Å². The summed E-state index contributed by atoms with van der Waals surface area (Å²) in [5, 5.41) is 21.3. The van der Waals surface area contributed by atoms with Crippen molar-refractivity contribution in [3.05, 3.63) is 0 Å². The van der Waals surface area contributed by atoms with Crippen LogP contribution in [0.15, 0.2) is 0 Å². The monoisotopic (exact) mass is 257 g/mol. The number of amides is 1. The average molecular weight is 257 g/mol. The van der Waals surface area contributed by atoms with Crippen LogP contribution < -0.4 is 5.32 Å². The molecule has 1 saturated carbocycles. The van der Waals surface area contributed by atoms with Crippen LogP contribution in [0.1, 0.15) is 58.3 Å². The number of aliphatic hydroxyl groups is 2. The zero-order valence-corrected chi connectivity index (χ0v) is 11.5. The van der Waals surface area contributed by atoms with Crippen molar-refractivity contribution in [2.45, 2.75) is 63.8 Å². The van der Waals surface area contributed by atoms with E-state index in [2.05, 4.69) is 5.32 Å². The van der Waals surface area contributed by atoms with Crippen LogP contribution in [-0.2, 0) is 4.79 Å². The van der Waals surface area contributed by atoms with E-state index < -0.39 is 5.54 Å². The molecule has 1 aliphatic carbocycles. The van der Waals surface area contributed by atoms with E-state index in [9.17, 15) is 15.0 Å². The van der Waals surface area contributed by atoms with Gasteiger partial charge in [0.25, 0.3) is 0 Å². The lowest BCUT2D eigenvalue weighted by molar-refractivity contribution is -0.124. The standard InChI is InChI=1S/C14H27NO3/c1-2-14(10-16,11-17)15-13(18)9-8-12-6-4-3-5-7-12/h12,16-17H,2-11H2,1H3,(H,15,18). The maximum Gasteiger partial charge on any atom is 0.220 e. The van der Waals surface area contributed by atoms with Crippen LogP contribution in [0.2, 0.25) is 0 Å². The van der Waals surface area contributed by atoms with E-state index in [1.54, 1.807) is 0 Å². The second kappa shape index (κ2) is 7.74. The van der Waals surface area contributed by atoms with Gasteiger partial charge in [-0.3, -0.25) is 4.79 Å². The first kappa shape index (κ1) is 15.4. The van der Waals surface area contributed by atoms with Crippen LogP contribution in [0.25, 0.3) is 0 Å². The fraction of sp³-hybridized carbons (Fsp3) is 0.929. The van der Waals surface area contributed by atoms with Gasteiger partial charge >= 0.3 is 0 Å². The summed E-state index contributed by atoms with van der Waals surface area (Å²) in [7, 11) is 0. The first-order valence-electron chi connectivity index (χ1n) is 7.18. The lowest BCUT2D eigenvalue weighted by atomic mass is 9.86. The van der Waals surface area contributed by atoms with Crippen molar-refractivity contribution in [2.24, 2.45) is 5.92 Å². The van der Waals surface area contributed by atoms with Gasteiger partial charge < -0.3 is 15.5 Å². The highest BCUT2D eigenvalue weighted by molar-refractivity contribution is 5.76. The Morgan fingerprint density at radius 2 is 1.83 bits per heavy atom. The van der Waals surface area contributed by atoms with Crippen molar-refractivity contribution in [1.82, 2.24) is 5.32 Å². The number of carbonyl (C=O) groups is 1. The maximum absolute atomic E-state index is 11.8. The molecule has 1 rings (SSSR count). The van der Waals surface area contributed by atoms with E-state index in [0.29, 0.717) is 18.8 Å². The Labute approximate surface area is 110 Å². The van der Waals surface area contributed by atoms with Crippen molar-refractivity contribution in [3.63, 3.8) is 0 Å². The lowest BCUT2D eigenvalue weighted by Gasteiger charge is -2.30. The molecule has 0 aliphatic heterocycles. The molecule has 0 bridgehead atoms. The van der Waals surface area contributed by atoms with Crippen molar-refractivity contribution in [2.75, 3.05) is 13.2 Å². The molecule has 0 saturated heterocycles. The van der Waals surface area contributed by atoms with Gasteiger partial charge in [-0.05, 0) is 18.8 Å². The molecule has 0 heterocycles. The molecule has 18 heavy (non-hydrogen) atoms. The zero-order chi connectivity index (χ0) is 13.4. The Bertz CT molecular complexity index is 237. The molecule has 1 aliphatic rings. The lowest BCUT2D eigenvalue weighted by Crippen LogP contribution is -2.53. The highest BCUT2D eigenvalue weighted by atomic mass is 16.3. The molecule has 1 fully saturated rings. The van der Waals surface area contributed by atoms with Gasteiger partial charge in [-0.15, -0.1) is 0 Å². The molecule has 0 unspecified atom stereocenters. The minimum atomic E-state index is -0.844. The predicted molar refractivity (Wildman–Crippen MR) is 71.1 cm³/mol. The molecule has 0 aromatic rings. The van der Waals surface area contributed by atoms with Crippen LogP contribution in [-0.4, -0.2) is 34.9 Å². The Balaban J connectivity index is 2.31. The van der Waals surface area contributed by atoms with Crippen LogP contribution in [0.3, 0.4) is 0 Å². The van der Waals surface area contributed by atoms with Crippen molar-refractivity contribution in [1.29, 1.82) is 0 Å². The van der Waals surface area contributed by atoms with Gasteiger partial charge in [0, 0.05) is 6.42 Å². The Hall–Kier alpha value is -0.610. The van der Waals surface area contributed by atoms with E-state index in [-0.39, 0.29) is 19.1 Å². The van der Waals surface area contributed by atoms with E-state index in [0.717, 1.165) is 6.42 Å². The molecule has 0 aromatic carbocycles. The summed E-state index contributed by atoms with van der Waals surface area (Å²) in [6.07, 6.45) is 8.37. The number of nitrogens with one attached hydrogen (secondary N) is 1. The number of hydrogen-bond acceptors (Lipinski definition) is 3. The van der Waals surface area contributed by atoms with Gasteiger partial charge in [-0.2, -0.15) is 0 Å². The third-order valence-corrected chi connectivity index (χ3v) is 4.19. The summed E-state index contributed by atoms with van der Waals surface area (Å²) >= 11 is 0. The maximum atomic E-state index is 11.8. The third kappa shape index (κ3) is 4.58. The van der Waals surface area contributed by atoms with Crippen molar-refractivity contribution >= 4 is 5.91 Å². The Kier molecular flexibility index (Phi) is 6.65. The average Bonchev–Trinajstić information content (AvgIpc) is 2.44. The first-order valence-corrected chi connectivity index (χ1v) is 7.18. The second-order valence-corrected chi connectivity index (χ2v) is 5.54.